The third-order valence-electron chi connectivity index (χ3n) is 2.86. The SMILES string of the molecule is CCOC(=O)C(COc1cccc(C(C)C)c1)NC. The Morgan fingerprint density at radius 2 is 2.11 bits per heavy atom. The second kappa shape index (κ2) is 7.79. The van der Waals surface area contributed by atoms with Gasteiger partial charge in [0.2, 0.25) is 0 Å². The van der Waals surface area contributed by atoms with Crippen molar-refractivity contribution in [3.8, 4) is 5.75 Å². The van der Waals surface area contributed by atoms with Gasteiger partial charge in [0.1, 0.15) is 18.4 Å². The van der Waals surface area contributed by atoms with E-state index in [9.17, 15) is 4.79 Å². The zero-order valence-electron chi connectivity index (χ0n) is 12.1. The summed E-state index contributed by atoms with van der Waals surface area (Å²) < 4.78 is 10.6. The van der Waals surface area contributed by atoms with Gasteiger partial charge in [-0.1, -0.05) is 26.0 Å². The van der Waals surface area contributed by atoms with Crippen LogP contribution in [0.1, 0.15) is 32.3 Å². The number of nitrogens with one attached hydrogen (secondary N) is 1. The zero-order valence-corrected chi connectivity index (χ0v) is 12.1. The fourth-order valence-electron chi connectivity index (χ4n) is 1.66. The van der Waals surface area contributed by atoms with E-state index in [2.05, 4.69) is 25.2 Å². The lowest BCUT2D eigenvalue weighted by Gasteiger charge is -2.16. The summed E-state index contributed by atoms with van der Waals surface area (Å²) >= 11 is 0. The summed E-state index contributed by atoms with van der Waals surface area (Å²) in [5, 5.41) is 2.89. The predicted molar refractivity (Wildman–Crippen MR) is 75.5 cm³/mol. The van der Waals surface area contributed by atoms with Crippen molar-refractivity contribution in [2.24, 2.45) is 0 Å². The highest BCUT2D eigenvalue weighted by molar-refractivity contribution is 5.75. The molecule has 0 bridgehead atoms. The number of rotatable bonds is 7. The Balaban J connectivity index is 2.59. The van der Waals surface area contributed by atoms with Crippen molar-refractivity contribution >= 4 is 5.97 Å². The van der Waals surface area contributed by atoms with Crippen molar-refractivity contribution < 1.29 is 14.3 Å². The van der Waals surface area contributed by atoms with Crippen LogP contribution >= 0.6 is 0 Å². The maximum atomic E-state index is 11.6. The van der Waals surface area contributed by atoms with Gasteiger partial charge in [0.15, 0.2) is 0 Å². The van der Waals surface area contributed by atoms with Gasteiger partial charge in [0.05, 0.1) is 6.61 Å². The summed E-state index contributed by atoms with van der Waals surface area (Å²) in [6.07, 6.45) is 0. The quantitative estimate of drug-likeness (QED) is 0.769. The van der Waals surface area contributed by atoms with E-state index in [1.807, 2.05) is 18.2 Å². The number of carbonyl (C=O) groups excluding carboxylic acids is 1. The van der Waals surface area contributed by atoms with E-state index >= 15 is 0 Å². The number of likely N-dealkylation sites (N-methyl/N-ethyl adjacent to an activating group) is 1. The molecule has 1 aromatic rings. The first kappa shape index (κ1) is 15.5. The summed E-state index contributed by atoms with van der Waals surface area (Å²) in [5.74, 6) is 0.939. The summed E-state index contributed by atoms with van der Waals surface area (Å²) in [6.45, 7) is 6.69. The molecule has 1 atom stereocenters. The fourth-order valence-corrected chi connectivity index (χ4v) is 1.66. The molecule has 0 saturated carbocycles. The van der Waals surface area contributed by atoms with Gasteiger partial charge in [0.25, 0.3) is 0 Å². The van der Waals surface area contributed by atoms with Crippen LogP contribution in [0, 0.1) is 0 Å². The van der Waals surface area contributed by atoms with Crippen molar-refractivity contribution in [1.82, 2.24) is 5.32 Å². The van der Waals surface area contributed by atoms with Gasteiger partial charge in [-0.25, -0.2) is 0 Å². The average molecular weight is 265 g/mol. The van der Waals surface area contributed by atoms with Gasteiger partial charge >= 0.3 is 5.97 Å². The minimum absolute atomic E-state index is 0.261. The third-order valence-corrected chi connectivity index (χ3v) is 2.86. The lowest BCUT2D eigenvalue weighted by molar-refractivity contribution is -0.146. The molecular weight excluding hydrogens is 242 g/mol. The lowest BCUT2D eigenvalue weighted by Crippen LogP contribution is -2.40. The first-order valence-electron chi connectivity index (χ1n) is 6.65. The van der Waals surface area contributed by atoms with E-state index in [-0.39, 0.29) is 12.6 Å². The Hall–Kier alpha value is -1.55. The van der Waals surface area contributed by atoms with Crippen molar-refractivity contribution in [1.29, 1.82) is 0 Å². The normalized spacial score (nSPS) is 12.3. The Morgan fingerprint density at radius 3 is 2.68 bits per heavy atom. The Bertz CT molecular complexity index is 404. The van der Waals surface area contributed by atoms with Crippen LogP contribution in [0.2, 0.25) is 0 Å². The van der Waals surface area contributed by atoms with Crippen molar-refractivity contribution in [3.05, 3.63) is 29.8 Å². The molecule has 4 nitrogen and oxygen atoms in total. The molecule has 0 spiro atoms. The molecule has 0 aliphatic rings. The monoisotopic (exact) mass is 265 g/mol. The molecule has 1 aromatic carbocycles. The smallest absolute Gasteiger partial charge is 0.326 e. The highest BCUT2D eigenvalue weighted by Gasteiger charge is 2.18. The average Bonchev–Trinajstić information content (AvgIpc) is 2.40. The number of benzene rings is 1. The summed E-state index contributed by atoms with van der Waals surface area (Å²) in [7, 11) is 1.72. The largest absolute Gasteiger partial charge is 0.491 e. The highest BCUT2D eigenvalue weighted by Crippen LogP contribution is 2.20. The summed E-state index contributed by atoms with van der Waals surface area (Å²) in [5.41, 5.74) is 1.22. The third kappa shape index (κ3) is 4.91. The van der Waals surface area contributed by atoms with Crippen LogP contribution in [0.15, 0.2) is 24.3 Å². The molecule has 0 amide bonds. The van der Waals surface area contributed by atoms with Crippen LogP contribution in [0.5, 0.6) is 5.75 Å². The summed E-state index contributed by atoms with van der Waals surface area (Å²) in [6, 6.07) is 7.48. The van der Waals surface area contributed by atoms with Crippen LogP contribution in [-0.2, 0) is 9.53 Å². The molecular formula is C15H23NO3. The minimum Gasteiger partial charge on any atom is -0.491 e. The Morgan fingerprint density at radius 1 is 1.37 bits per heavy atom. The van der Waals surface area contributed by atoms with Gasteiger partial charge in [-0.3, -0.25) is 4.79 Å². The van der Waals surface area contributed by atoms with Gasteiger partial charge in [-0.2, -0.15) is 0 Å². The molecule has 0 aromatic heterocycles. The molecule has 0 heterocycles. The second-order valence-corrected chi connectivity index (χ2v) is 4.63. The number of ether oxygens (including phenoxy) is 2. The molecule has 0 radical (unpaired) electrons. The van der Waals surface area contributed by atoms with E-state index in [1.54, 1.807) is 14.0 Å². The van der Waals surface area contributed by atoms with Crippen LogP contribution in [-0.4, -0.2) is 32.3 Å². The van der Waals surface area contributed by atoms with Gasteiger partial charge < -0.3 is 14.8 Å². The molecule has 0 aliphatic carbocycles. The topological polar surface area (TPSA) is 47.6 Å². The van der Waals surface area contributed by atoms with Gasteiger partial charge in [0, 0.05) is 0 Å². The van der Waals surface area contributed by atoms with Crippen LogP contribution < -0.4 is 10.1 Å². The molecule has 4 heteroatoms. The van der Waals surface area contributed by atoms with Crippen LogP contribution in [0.3, 0.4) is 0 Å². The van der Waals surface area contributed by atoms with E-state index in [0.717, 1.165) is 5.75 Å². The first-order chi connectivity index (χ1) is 9.08. The molecule has 1 N–H and O–H groups in total. The first-order valence-corrected chi connectivity index (χ1v) is 6.65. The molecule has 0 aliphatic heterocycles. The predicted octanol–water partition coefficient (Wildman–Crippen LogP) is 2.34. The van der Waals surface area contributed by atoms with Gasteiger partial charge in [-0.15, -0.1) is 0 Å². The van der Waals surface area contributed by atoms with E-state index in [1.165, 1.54) is 5.56 Å². The van der Waals surface area contributed by atoms with Crippen molar-refractivity contribution in [2.45, 2.75) is 32.7 Å². The molecule has 106 valence electrons. The Kier molecular flexibility index (Phi) is 6.36. The highest BCUT2D eigenvalue weighted by atomic mass is 16.5. The maximum absolute atomic E-state index is 11.6. The fraction of sp³-hybridized carbons (Fsp3) is 0.533. The molecule has 1 unspecified atom stereocenters. The van der Waals surface area contributed by atoms with E-state index in [0.29, 0.717) is 12.5 Å². The zero-order chi connectivity index (χ0) is 14.3. The number of esters is 1. The van der Waals surface area contributed by atoms with Gasteiger partial charge in [-0.05, 0) is 37.6 Å². The van der Waals surface area contributed by atoms with Crippen molar-refractivity contribution in [2.75, 3.05) is 20.3 Å². The van der Waals surface area contributed by atoms with Crippen LogP contribution in [0.25, 0.3) is 0 Å². The van der Waals surface area contributed by atoms with E-state index in [4.69, 9.17) is 9.47 Å². The molecule has 0 saturated heterocycles. The van der Waals surface area contributed by atoms with Crippen molar-refractivity contribution in [3.63, 3.8) is 0 Å². The van der Waals surface area contributed by atoms with E-state index < -0.39 is 6.04 Å². The maximum Gasteiger partial charge on any atom is 0.326 e. The number of hydrogen-bond donors (Lipinski definition) is 1. The van der Waals surface area contributed by atoms with Crippen LogP contribution in [0.4, 0.5) is 0 Å². The number of hydrogen-bond acceptors (Lipinski definition) is 4. The molecule has 1 rings (SSSR count). The Labute approximate surface area is 115 Å². The number of carbonyl (C=O) groups is 1. The standard InChI is InChI=1S/C15H23NO3/c1-5-18-15(17)14(16-4)10-19-13-8-6-7-12(9-13)11(2)3/h6-9,11,14,16H,5,10H2,1-4H3. The lowest BCUT2D eigenvalue weighted by atomic mass is 10.0. The minimum atomic E-state index is -0.442. The molecule has 19 heavy (non-hydrogen) atoms. The summed E-state index contributed by atoms with van der Waals surface area (Å²) in [4.78, 5) is 11.6. The second-order valence-electron chi connectivity index (χ2n) is 4.63. The molecule has 0 fully saturated rings.